The first-order chi connectivity index (χ1) is 9.58. The van der Waals surface area contributed by atoms with Crippen molar-refractivity contribution in [2.45, 2.75) is 12.6 Å². The summed E-state index contributed by atoms with van der Waals surface area (Å²) in [5.41, 5.74) is 1.36. The predicted molar refractivity (Wildman–Crippen MR) is 72.6 cm³/mol. The standard InChI is InChI=1S/C13H18N2O5/c1-19-7-9-5-3-4-6-10(9)14-13(18)15-11(8-20-2)12(16)17/h3-6,11H,7-8H2,1-2H3,(H,16,17)(H2,14,15,18). The van der Waals surface area contributed by atoms with Gasteiger partial charge in [0.2, 0.25) is 0 Å². The van der Waals surface area contributed by atoms with Crippen LogP contribution in [0, 0.1) is 0 Å². The van der Waals surface area contributed by atoms with E-state index in [2.05, 4.69) is 10.6 Å². The van der Waals surface area contributed by atoms with E-state index < -0.39 is 18.0 Å². The van der Waals surface area contributed by atoms with E-state index in [-0.39, 0.29) is 6.61 Å². The highest BCUT2D eigenvalue weighted by molar-refractivity contribution is 5.92. The number of carboxylic acid groups (broad SMARTS) is 1. The number of hydrogen-bond acceptors (Lipinski definition) is 4. The number of benzene rings is 1. The van der Waals surface area contributed by atoms with Crippen molar-refractivity contribution in [3.8, 4) is 0 Å². The number of amides is 2. The van der Waals surface area contributed by atoms with Crippen molar-refractivity contribution in [2.24, 2.45) is 0 Å². The van der Waals surface area contributed by atoms with Gasteiger partial charge >= 0.3 is 12.0 Å². The highest BCUT2D eigenvalue weighted by atomic mass is 16.5. The summed E-state index contributed by atoms with van der Waals surface area (Å²) >= 11 is 0. The van der Waals surface area contributed by atoms with Crippen molar-refractivity contribution in [1.82, 2.24) is 5.32 Å². The molecule has 0 heterocycles. The van der Waals surface area contributed by atoms with E-state index in [0.717, 1.165) is 5.56 Å². The number of rotatable bonds is 7. The maximum atomic E-state index is 11.8. The van der Waals surface area contributed by atoms with Crippen LogP contribution >= 0.6 is 0 Å². The van der Waals surface area contributed by atoms with Crippen LogP contribution in [0.5, 0.6) is 0 Å². The van der Waals surface area contributed by atoms with Crippen LogP contribution in [-0.2, 0) is 20.9 Å². The predicted octanol–water partition coefficient (Wildman–Crippen LogP) is 1.05. The molecule has 1 aromatic carbocycles. The lowest BCUT2D eigenvalue weighted by molar-refractivity contribution is -0.140. The molecule has 0 aliphatic heterocycles. The molecule has 0 aliphatic carbocycles. The number of para-hydroxylation sites is 1. The fourth-order valence-electron chi connectivity index (χ4n) is 1.58. The molecule has 7 nitrogen and oxygen atoms in total. The van der Waals surface area contributed by atoms with Gasteiger partial charge in [-0.3, -0.25) is 0 Å². The molecule has 0 spiro atoms. The lowest BCUT2D eigenvalue weighted by atomic mass is 10.2. The summed E-state index contributed by atoms with van der Waals surface area (Å²) < 4.78 is 9.76. The second kappa shape index (κ2) is 8.13. The number of methoxy groups -OCH3 is 2. The van der Waals surface area contributed by atoms with E-state index >= 15 is 0 Å². The molecular formula is C13H18N2O5. The molecule has 0 fully saturated rings. The van der Waals surface area contributed by atoms with E-state index in [0.29, 0.717) is 12.3 Å². The van der Waals surface area contributed by atoms with Crippen molar-refractivity contribution in [3.63, 3.8) is 0 Å². The third-order valence-corrected chi connectivity index (χ3v) is 2.50. The maximum absolute atomic E-state index is 11.8. The summed E-state index contributed by atoms with van der Waals surface area (Å²) in [4.78, 5) is 22.7. The van der Waals surface area contributed by atoms with Crippen molar-refractivity contribution >= 4 is 17.7 Å². The van der Waals surface area contributed by atoms with E-state index in [9.17, 15) is 9.59 Å². The zero-order valence-corrected chi connectivity index (χ0v) is 11.4. The lowest BCUT2D eigenvalue weighted by Crippen LogP contribution is -2.45. The molecule has 0 aromatic heterocycles. The topological polar surface area (TPSA) is 96.9 Å². The Balaban J connectivity index is 2.68. The van der Waals surface area contributed by atoms with E-state index in [1.54, 1.807) is 19.2 Å². The summed E-state index contributed by atoms with van der Waals surface area (Å²) in [6, 6.07) is 5.39. The first-order valence-electron chi connectivity index (χ1n) is 5.94. The summed E-state index contributed by atoms with van der Waals surface area (Å²) in [7, 11) is 2.92. The average Bonchev–Trinajstić information content (AvgIpc) is 2.40. The molecule has 0 bridgehead atoms. The minimum atomic E-state index is -1.16. The molecule has 2 amide bonds. The van der Waals surface area contributed by atoms with Gasteiger partial charge in [-0.05, 0) is 6.07 Å². The Bertz CT molecular complexity index is 464. The van der Waals surface area contributed by atoms with E-state index in [1.165, 1.54) is 7.11 Å². The molecule has 7 heteroatoms. The highest BCUT2D eigenvalue weighted by Gasteiger charge is 2.19. The number of aliphatic carboxylic acids is 1. The summed E-state index contributed by atoms with van der Waals surface area (Å²) in [5.74, 6) is -1.16. The Morgan fingerprint density at radius 3 is 2.55 bits per heavy atom. The third kappa shape index (κ3) is 4.87. The van der Waals surface area contributed by atoms with Crippen molar-refractivity contribution in [2.75, 3.05) is 26.1 Å². The van der Waals surface area contributed by atoms with Crippen LogP contribution in [0.25, 0.3) is 0 Å². The van der Waals surface area contributed by atoms with Gasteiger partial charge in [0.25, 0.3) is 0 Å². The number of carbonyl (C=O) groups excluding carboxylic acids is 1. The minimum Gasteiger partial charge on any atom is -0.480 e. The molecule has 0 saturated heterocycles. The van der Waals surface area contributed by atoms with Gasteiger partial charge in [-0.15, -0.1) is 0 Å². The molecule has 0 aliphatic rings. The zero-order chi connectivity index (χ0) is 15.0. The Morgan fingerprint density at radius 1 is 1.25 bits per heavy atom. The third-order valence-electron chi connectivity index (χ3n) is 2.50. The Hall–Kier alpha value is -2.12. The molecule has 0 saturated carbocycles. The number of carboxylic acids is 1. The Morgan fingerprint density at radius 2 is 1.95 bits per heavy atom. The normalized spacial score (nSPS) is 11.7. The summed E-state index contributed by atoms with van der Waals surface area (Å²) in [5, 5.41) is 13.8. The van der Waals surface area contributed by atoms with Gasteiger partial charge in [-0.2, -0.15) is 0 Å². The number of carbonyl (C=O) groups is 2. The minimum absolute atomic E-state index is 0.109. The maximum Gasteiger partial charge on any atom is 0.328 e. The van der Waals surface area contributed by atoms with Crippen LogP contribution < -0.4 is 10.6 Å². The molecule has 1 aromatic rings. The van der Waals surface area contributed by atoms with Crippen LogP contribution in [0.4, 0.5) is 10.5 Å². The van der Waals surface area contributed by atoms with Crippen LogP contribution in [0.3, 0.4) is 0 Å². The zero-order valence-electron chi connectivity index (χ0n) is 11.4. The lowest BCUT2D eigenvalue weighted by Gasteiger charge is -2.15. The van der Waals surface area contributed by atoms with Crippen molar-refractivity contribution in [1.29, 1.82) is 0 Å². The average molecular weight is 282 g/mol. The van der Waals surface area contributed by atoms with Gasteiger partial charge < -0.3 is 25.2 Å². The number of nitrogens with one attached hydrogen (secondary N) is 2. The molecule has 110 valence electrons. The van der Waals surface area contributed by atoms with Gasteiger partial charge in [0.05, 0.1) is 13.2 Å². The Kier molecular flexibility index (Phi) is 6.48. The largest absolute Gasteiger partial charge is 0.480 e. The monoisotopic (exact) mass is 282 g/mol. The van der Waals surface area contributed by atoms with Gasteiger partial charge in [-0.25, -0.2) is 9.59 Å². The van der Waals surface area contributed by atoms with Crippen LogP contribution in [-0.4, -0.2) is 44.0 Å². The van der Waals surface area contributed by atoms with Gasteiger partial charge in [0, 0.05) is 25.5 Å². The molecule has 1 rings (SSSR count). The first-order valence-corrected chi connectivity index (χ1v) is 5.94. The molecular weight excluding hydrogens is 264 g/mol. The number of anilines is 1. The molecule has 0 radical (unpaired) electrons. The first kappa shape index (κ1) is 15.9. The second-order valence-electron chi connectivity index (χ2n) is 4.03. The van der Waals surface area contributed by atoms with Gasteiger partial charge in [0.15, 0.2) is 6.04 Å². The fraction of sp³-hybridized carbons (Fsp3) is 0.385. The SMILES string of the molecule is COCc1ccccc1NC(=O)NC(COC)C(=O)O. The number of ether oxygens (including phenoxy) is 2. The molecule has 1 unspecified atom stereocenters. The van der Waals surface area contributed by atoms with Gasteiger partial charge in [0.1, 0.15) is 0 Å². The van der Waals surface area contributed by atoms with E-state index in [1.807, 2.05) is 12.1 Å². The number of hydrogen-bond donors (Lipinski definition) is 3. The second-order valence-corrected chi connectivity index (χ2v) is 4.03. The van der Waals surface area contributed by atoms with Crippen LogP contribution in [0.1, 0.15) is 5.56 Å². The molecule has 3 N–H and O–H groups in total. The van der Waals surface area contributed by atoms with Crippen molar-refractivity contribution < 1.29 is 24.2 Å². The summed E-state index contributed by atoms with van der Waals surface area (Å²) in [6.07, 6.45) is 0. The smallest absolute Gasteiger partial charge is 0.328 e. The molecule has 1 atom stereocenters. The van der Waals surface area contributed by atoms with Crippen molar-refractivity contribution in [3.05, 3.63) is 29.8 Å². The highest BCUT2D eigenvalue weighted by Crippen LogP contribution is 2.15. The van der Waals surface area contributed by atoms with Crippen LogP contribution in [0.2, 0.25) is 0 Å². The quantitative estimate of drug-likeness (QED) is 0.694. The van der Waals surface area contributed by atoms with E-state index in [4.69, 9.17) is 14.6 Å². The number of urea groups is 1. The Labute approximate surface area is 116 Å². The fourth-order valence-corrected chi connectivity index (χ4v) is 1.58. The molecule has 20 heavy (non-hydrogen) atoms. The van der Waals surface area contributed by atoms with Gasteiger partial charge in [-0.1, -0.05) is 18.2 Å². The summed E-state index contributed by atoms with van der Waals surface area (Å²) in [6.45, 7) is 0.235. The van der Waals surface area contributed by atoms with Crippen LogP contribution in [0.15, 0.2) is 24.3 Å².